The molecule has 0 atom stereocenters. The van der Waals surface area contributed by atoms with Gasteiger partial charge in [-0.25, -0.2) is 0 Å². The highest BCUT2D eigenvalue weighted by Gasteiger charge is 2.31. The van der Waals surface area contributed by atoms with E-state index in [0.29, 0.717) is 24.4 Å². The van der Waals surface area contributed by atoms with Crippen LogP contribution in [0.5, 0.6) is 0 Å². The van der Waals surface area contributed by atoms with Crippen molar-refractivity contribution in [3.05, 3.63) is 30.0 Å². The summed E-state index contributed by atoms with van der Waals surface area (Å²) >= 11 is 0. The van der Waals surface area contributed by atoms with Crippen LogP contribution in [0.2, 0.25) is 0 Å². The van der Waals surface area contributed by atoms with Gasteiger partial charge in [0.15, 0.2) is 5.58 Å². The van der Waals surface area contributed by atoms with E-state index in [-0.39, 0.29) is 24.2 Å². The highest BCUT2D eigenvalue weighted by Crippen LogP contribution is 2.23. The third kappa shape index (κ3) is 3.25. The van der Waals surface area contributed by atoms with Crippen LogP contribution in [0.1, 0.15) is 31.4 Å². The Balaban J connectivity index is 1.34. The number of amides is 2. The Morgan fingerprint density at radius 3 is 2.52 bits per heavy atom. The molecule has 2 aliphatic heterocycles. The van der Waals surface area contributed by atoms with Gasteiger partial charge in [-0.15, -0.1) is 0 Å². The monoisotopic (exact) mass is 341 g/mol. The maximum atomic E-state index is 12.6. The van der Waals surface area contributed by atoms with Crippen LogP contribution in [0.15, 0.2) is 28.8 Å². The molecular formula is C19H23N3O3. The minimum Gasteiger partial charge on any atom is -0.356 e. The summed E-state index contributed by atoms with van der Waals surface area (Å²) in [6.07, 6.45) is 4.02. The van der Waals surface area contributed by atoms with Gasteiger partial charge >= 0.3 is 0 Å². The van der Waals surface area contributed by atoms with Crippen molar-refractivity contribution in [2.45, 2.75) is 32.1 Å². The zero-order valence-corrected chi connectivity index (χ0v) is 14.3. The summed E-state index contributed by atoms with van der Waals surface area (Å²) in [5.74, 6) is 0.424. The number of rotatable bonds is 3. The van der Waals surface area contributed by atoms with E-state index in [2.05, 4.69) is 5.16 Å². The lowest BCUT2D eigenvalue weighted by Gasteiger charge is -2.33. The molecule has 4 rings (SSSR count). The molecule has 2 aliphatic rings. The molecule has 3 heterocycles. The fourth-order valence-corrected chi connectivity index (χ4v) is 3.89. The van der Waals surface area contributed by atoms with Gasteiger partial charge in [-0.2, -0.15) is 0 Å². The van der Waals surface area contributed by atoms with Crippen molar-refractivity contribution in [2.75, 3.05) is 26.2 Å². The van der Waals surface area contributed by atoms with Crippen LogP contribution in [-0.2, 0) is 16.0 Å². The first-order valence-corrected chi connectivity index (χ1v) is 9.12. The molecule has 2 aromatic rings. The molecule has 2 saturated heterocycles. The smallest absolute Gasteiger partial charge is 0.228 e. The molecule has 6 heteroatoms. The van der Waals surface area contributed by atoms with Crippen molar-refractivity contribution in [3.8, 4) is 0 Å². The first-order valence-electron chi connectivity index (χ1n) is 9.12. The number of nitrogens with zero attached hydrogens (tertiary/aromatic N) is 3. The molecule has 25 heavy (non-hydrogen) atoms. The number of hydrogen-bond acceptors (Lipinski definition) is 4. The van der Waals surface area contributed by atoms with E-state index in [4.69, 9.17) is 4.52 Å². The van der Waals surface area contributed by atoms with Crippen molar-refractivity contribution in [1.82, 2.24) is 15.0 Å². The number of para-hydroxylation sites is 1. The molecule has 1 aromatic carbocycles. The summed E-state index contributed by atoms with van der Waals surface area (Å²) in [5, 5.41) is 4.94. The molecule has 0 aliphatic carbocycles. The molecule has 2 amide bonds. The Hall–Kier alpha value is -2.37. The lowest BCUT2D eigenvalue weighted by Crippen LogP contribution is -2.44. The molecular weight excluding hydrogens is 318 g/mol. The Morgan fingerprint density at radius 2 is 1.76 bits per heavy atom. The third-order valence-corrected chi connectivity index (χ3v) is 5.39. The average molecular weight is 341 g/mol. The van der Waals surface area contributed by atoms with Crippen molar-refractivity contribution in [3.63, 3.8) is 0 Å². The molecule has 132 valence electrons. The first kappa shape index (κ1) is 16.1. The van der Waals surface area contributed by atoms with Crippen LogP contribution in [-0.4, -0.2) is 52.9 Å². The number of hydrogen-bond donors (Lipinski definition) is 0. The van der Waals surface area contributed by atoms with Crippen LogP contribution in [0, 0.1) is 5.92 Å². The second-order valence-corrected chi connectivity index (χ2v) is 6.99. The fraction of sp³-hybridized carbons (Fsp3) is 0.526. The summed E-state index contributed by atoms with van der Waals surface area (Å²) < 4.78 is 5.27. The molecule has 0 spiro atoms. The molecule has 6 nitrogen and oxygen atoms in total. The predicted molar refractivity (Wildman–Crippen MR) is 92.8 cm³/mol. The van der Waals surface area contributed by atoms with Crippen molar-refractivity contribution in [2.24, 2.45) is 5.92 Å². The Labute approximate surface area is 146 Å². The maximum Gasteiger partial charge on any atom is 0.228 e. The molecule has 1 aromatic heterocycles. The molecule has 2 fully saturated rings. The zero-order chi connectivity index (χ0) is 17.2. The summed E-state index contributed by atoms with van der Waals surface area (Å²) in [6.45, 7) is 3.10. The highest BCUT2D eigenvalue weighted by atomic mass is 16.5. The molecule has 0 unspecified atom stereocenters. The normalized spacial score (nSPS) is 18.9. The van der Waals surface area contributed by atoms with Crippen molar-refractivity contribution < 1.29 is 14.1 Å². The van der Waals surface area contributed by atoms with E-state index in [0.717, 1.165) is 44.2 Å². The van der Waals surface area contributed by atoms with Crippen molar-refractivity contribution in [1.29, 1.82) is 0 Å². The van der Waals surface area contributed by atoms with Gasteiger partial charge in [0.25, 0.3) is 0 Å². The fourth-order valence-electron chi connectivity index (χ4n) is 3.89. The van der Waals surface area contributed by atoms with Crippen LogP contribution in [0.3, 0.4) is 0 Å². The van der Waals surface area contributed by atoms with Crippen LogP contribution in [0.25, 0.3) is 11.0 Å². The number of piperidine rings is 1. The lowest BCUT2D eigenvalue weighted by molar-refractivity contribution is -0.139. The standard InChI is InChI=1S/C19H23N3O3/c23-18(13-16-15-5-1-2-6-17(15)25-20-16)21-11-7-14(8-12-21)19(24)22-9-3-4-10-22/h1-2,5-6,14H,3-4,7-13H2. The summed E-state index contributed by atoms with van der Waals surface area (Å²) in [4.78, 5) is 28.9. The summed E-state index contributed by atoms with van der Waals surface area (Å²) in [5.41, 5.74) is 1.40. The maximum absolute atomic E-state index is 12.6. The number of carbonyl (C=O) groups excluding carboxylic acids is 2. The van der Waals surface area contributed by atoms with E-state index in [1.54, 1.807) is 0 Å². The van der Waals surface area contributed by atoms with Gasteiger partial charge < -0.3 is 14.3 Å². The predicted octanol–water partition coefficient (Wildman–Crippen LogP) is 2.23. The first-order chi connectivity index (χ1) is 12.2. The molecule has 0 radical (unpaired) electrons. The van der Waals surface area contributed by atoms with Gasteiger partial charge in [0.1, 0.15) is 5.69 Å². The SMILES string of the molecule is O=C(Cc1noc2ccccc12)N1CCC(C(=O)N2CCCC2)CC1. The van der Waals surface area contributed by atoms with Crippen LogP contribution in [0.4, 0.5) is 0 Å². The second-order valence-electron chi connectivity index (χ2n) is 6.99. The average Bonchev–Trinajstić information content (AvgIpc) is 3.32. The summed E-state index contributed by atoms with van der Waals surface area (Å²) in [7, 11) is 0. The van der Waals surface area contributed by atoms with E-state index in [9.17, 15) is 9.59 Å². The minimum atomic E-state index is 0.0612. The largest absolute Gasteiger partial charge is 0.356 e. The lowest BCUT2D eigenvalue weighted by atomic mass is 9.95. The Kier molecular flexibility index (Phi) is 4.42. The van der Waals surface area contributed by atoms with Gasteiger partial charge in [-0.05, 0) is 37.8 Å². The van der Waals surface area contributed by atoms with Crippen LogP contribution < -0.4 is 0 Å². The van der Waals surface area contributed by atoms with Gasteiger partial charge in [0.05, 0.1) is 6.42 Å². The topological polar surface area (TPSA) is 66.7 Å². The third-order valence-electron chi connectivity index (χ3n) is 5.39. The van der Waals surface area contributed by atoms with Gasteiger partial charge in [0.2, 0.25) is 11.8 Å². The van der Waals surface area contributed by atoms with Crippen molar-refractivity contribution >= 4 is 22.8 Å². The highest BCUT2D eigenvalue weighted by molar-refractivity contribution is 5.86. The number of carbonyl (C=O) groups is 2. The van der Waals surface area contributed by atoms with Gasteiger partial charge in [-0.1, -0.05) is 17.3 Å². The Morgan fingerprint density at radius 1 is 1.04 bits per heavy atom. The second kappa shape index (κ2) is 6.86. The van der Waals surface area contributed by atoms with E-state index in [1.165, 1.54) is 0 Å². The van der Waals surface area contributed by atoms with Gasteiger partial charge in [-0.3, -0.25) is 9.59 Å². The molecule has 0 N–H and O–H groups in total. The Bertz CT molecular complexity index is 771. The molecule has 0 saturated carbocycles. The van der Waals surface area contributed by atoms with E-state index >= 15 is 0 Å². The van der Waals surface area contributed by atoms with Gasteiger partial charge in [0, 0.05) is 37.5 Å². The summed E-state index contributed by atoms with van der Waals surface area (Å²) in [6, 6.07) is 7.59. The minimum absolute atomic E-state index is 0.0612. The van der Waals surface area contributed by atoms with E-state index in [1.807, 2.05) is 34.1 Å². The van der Waals surface area contributed by atoms with E-state index < -0.39 is 0 Å². The van der Waals surface area contributed by atoms with Crippen LogP contribution >= 0.6 is 0 Å². The number of benzene rings is 1. The quantitative estimate of drug-likeness (QED) is 0.859. The molecule has 0 bridgehead atoms. The number of aromatic nitrogens is 1. The zero-order valence-electron chi connectivity index (χ0n) is 14.3. The number of fused-ring (bicyclic) bond motifs is 1. The number of likely N-dealkylation sites (tertiary alicyclic amines) is 2.